The Labute approximate surface area is 160 Å². The molecule has 1 aliphatic rings. The third-order valence-electron chi connectivity index (χ3n) is 4.97. The molecule has 0 saturated carbocycles. The maximum atomic E-state index is 5.87. The Morgan fingerprint density at radius 1 is 0.741 bits per heavy atom. The van der Waals surface area contributed by atoms with Crippen molar-refractivity contribution in [3.05, 3.63) is 66.7 Å². The van der Waals surface area contributed by atoms with Crippen LogP contribution in [0.25, 0.3) is 22.5 Å². The summed E-state index contributed by atoms with van der Waals surface area (Å²) in [5, 5.41) is 8.74. The summed E-state index contributed by atoms with van der Waals surface area (Å²) in [7, 11) is 0. The van der Waals surface area contributed by atoms with Gasteiger partial charge in [0.25, 0.3) is 0 Å². The van der Waals surface area contributed by atoms with Crippen molar-refractivity contribution in [2.75, 3.05) is 26.2 Å². The molecule has 0 amide bonds. The van der Waals surface area contributed by atoms with Crippen LogP contribution in [0.2, 0.25) is 0 Å². The van der Waals surface area contributed by atoms with Crippen LogP contribution in [0.4, 0.5) is 0 Å². The second-order valence-electron chi connectivity index (χ2n) is 6.94. The lowest BCUT2D eigenvalue weighted by Gasteiger charge is -2.14. The van der Waals surface area contributed by atoms with E-state index < -0.39 is 0 Å². The first-order valence-electron chi connectivity index (χ1n) is 9.73. The quantitative estimate of drug-likeness (QED) is 0.574. The molecule has 1 aromatic heterocycles. The Morgan fingerprint density at radius 2 is 1.37 bits per heavy atom. The predicted molar refractivity (Wildman–Crippen MR) is 109 cm³/mol. The first-order valence-corrected chi connectivity index (χ1v) is 9.73. The summed E-state index contributed by atoms with van der Waals surface area (Å²) in [4.78, 5) is 2.52. The molecule has 0 spiro atoms. The highest BCUT2D eigenvalue weighted by Gasteiger charge is 2.10. The third-order valence-corrected chi connectivity index (χ3v) is 4.97. The molecule has 2 heterocycles. The first-order chi connectivity index (χ1) is 13.4. The van der Waals surface area contributed by atoms with E-state index in [0.717, 1.165) is 47.8 Å². The smallest absolute Gasteiger partial charge is 0.119 e. The summed E-state index contributed by atoms with van der Waals surface area (Å²) in [6, 6.07) is 22.2. The standard InChI is InChI=1S/C23H25N3O/c1-2-7-19(8-3-1)22-13-14-23(25-24-22)20-9-11-21(12-10-20)27-18-6-17-26-15-4-5-16-26/h1-3,7-14H,4-6,15-18H2. The molecular formula is C23H25N3O. The van der Waals surface area contributed by atoms with E-state index in [1.807, 2.05) is 66.7 Å². The highest BCUT2D eigenvalue weighted by atomic mass is 16.5. The lowest BCUT2D eigenvalue weighted by Crippen LogP contribution is -2.21. The van der Waals surface area contributed by atoms with Gasteiger partial charge >= 0.3 is 0 Å². The minimum Gasteiger partial charge on any atom is -0.494 e. The van der Waals surface area contributed by atoms with Gasteiger partial charge in [-0.25, -0.2) is 0 Å². The van der Waals surface area contributed by atoms with Crippen LogP contribution in [0.5, 0.6) is 5.75 Å². The van der Waals surface area contributed by atoms with E-state index in [-0.39, 0.29) is 0 Å². The molecule has 0 atom stereocenters. The molecule has 0 unspecified atom stereocenters. The fourth-order valence-corrected chi connectivity index (χ4v) is 3.46. The van der Waals surface area contributed by atoms with Gasteiger partial charge in [-0.15, -0.1) is 10.2 Å². The molecule has 1 aliphatic heterocycles. The van der Waals surface area contributed by atoms with E-state index in [0.29, 0.717) is 0 Å². The van der Waals surface area contributed by atoms with Gasteiger partial charge in [0.05, 0.1) is 18.0 Å². The number of hydrogen-bond acceptors (Lipinski definition) is 4. The second-order valence-corrected chi connectivity index (χ2v) is 6.94. The van der Waals surface area contributed by atoms with Gasteiger partial charge in [-0.1, -0.05) is 30.3 Å². The normalized spacial score (nSPS) is 14.4. The largest absolute Gasteiger partial charge is 0.494 e. The molecule has 0 aliphatic carbocycles. The van der Waals surface area contributed by atoms with Crippen LogP contribution in [-0.4, -0.2) is 41.3 Å². The number of likely N-dealkylation sites (tertiary alicyclic amines) is 1. The van der Waals surface area contributed by atoms with Crippen molar-refractivity contribution in [3.63, 3.8) is 0 Å². The Balaban J connectivity index is 1.31. The van der Waals surface area contributed by atoms with Crippen molar-refractivity contribution in [1.82, 2.24) is 15.1 Å². The fraction of sp³-hybridized carbons (Fsp3) is 0.304. The monoisotopic (exact) mass is 359 g/mol. The molecule has 3 aromatic rings. The highest BCUT2D eigenvalue weighted by Crippen LogP contribution is 2.22. The average Bonchev–Trinajstić information content (AvgIpc) is 3.26. The van der Waals surface area contributed by atoms with Gasteiger partial charge in [0.2, 0.25) is 0 Å². The van der Waals surface area contributed by atoms with Gasteiger partial charge in [0.15, 0.2) is 0 Å². The maximum Gasteiger partial charge on any atom is 0.119 e. The van der Waals surface area contributed by atoms with Gasteiger partial charge < -0.3 is 9.64 Å². The maximum absolute atomic E-state index is 5.87. The molecule has 2 aromatic carbocycles. The lowest BCUT2D eigenvalue weighted by molar-refractivity contribution is 0.263. The van der Waals surface area contributed by atoms with Crippen molar-refractivity contribution >= 4 is 0 Å². The molecule has 0 bridgehead atoms. The molecule has 4 nitrogen and oxygen atoms in total. The third kappa shape index (κ3) is 4.72. The number of benzene rings is 2. The van der Waals surface area contributed by atoms with E-state index in [2.05, 4.69) is 15.1 Å². The molecule has 0 radical (unpaired) electrons. The fourth-order valence-electron chi connectivity index (χ4n) is 3.46. The predicted octanol–water partition coefficient (Wildman–Crippen LogP) is 4.68. The molecule has 1 saturated heterocycles. The van der Waals surface area contributed by atoms with Gasteiger partial charge in [0, 0.05) is 17.7 Å². The van der Waals surface area contributed by atoms with Gasteiger partial charge in [-0.05, 0) is 68.8 Å². The summed E-state index contributed by atoms with van der Waals surface area (Å²) in [5.74, 6) is 0.911. The first kappa shape index (κ1) is 17.7. The van der Waals surface area contributed by atoms with Crippen molar-refractivity contribution < 1.29 is 4.74 Å². The van der Waals surface area contributed by atoms with E-state index >= 15 is 0 Å². The van der Waals surface area contributed by atoms with Crippen molar-refractivity contribution in [1.29, 1.82) is 0 Å². The number of ether oxygens (including phenoxy) is 1. The lowest BCUT2D eigenvalue weighted by atomic mass is 10.1. The zero-order valence-electron chi connectivity index (χ0n) is 15.6. The Morgan fingerprint density at radius 3 is 2.00 bits per heavy atom. The highest BCUT2D eigenvalue weighted by molar-refractivity contribution is 5.63. The van der Waals surface area contributed by atoms with Crippen molar-refractivity contribution in [2.45, 2.75) is 19.3 Å². The molecular weight excluding hydrogens is 334 g/mol. The van der Waals surface area contributed by atoms with Crippen LogP contribution < -0.4 is 4.74 Å². The van der Waals surface area contributed by atoms with Crippen molar-refractivity contribution in [3.8, 4) is 28.3 Å². The number of hydrogen-bond donors (Lipinski definition) is 0. The zero-order valence-corrected chi connectivity index (χ0v) is 15.6. The zero-order chi connectivity index (χ0) is 18.3. The summed E-state index contributed by atoms with van der Waals surface area (Å²) < 4.78 is 5.87. The summed E-state index contributed by atoms with van der Waals surface area (Å²) >= 11 is 0. The van der Waals surface area contributed by atoms with E-state index in [9.17, 15) is 0 Å². The topological polar surface area (TPSA) is 38.2 Å². The van der Waals surface area contributed by atoms with E-state index in [1.165, 1.54) is 25.9 Å². The number of aromatic nitrogens is 2. The molecule has 1 fully saturated rings. The molecule has 4 heteroatoms. The van der Waals surface area contributed by atoms with Crippen LogP contribution in [0.1, 0.15) is 19.3 Å². The van der Waals surface area contributed by atoms with Gasteiger partial charge in [-0.2, -0.15) is 0 Å². The Bertz CT molecular complexity index is 826. The van der Waals surface area contributed by atoms with E-state index in [4.69, 9.17) is 4.74 Å². The minimum atomic E-state index is 0.765. The van der Waals surface area contributed by atoms with Crippen LogP contribution >= 0.6 is 0 Å². The van der Waals surface area contributed by atoms with Crippen LogP contribution in [0, 0.1) is 0 Å². The van der Waals surface area contributed by atoms with Crippen LogP contribution in [0.15, 0.2) is 66.7 Å². The van der Waals surface area contributed by atoms with Gasteiger partial charge in [-0.3, -0.25) is 0 Å². The Hall–Kier alpha value is -2.72. The van der Waals surface area contributed by atoms with Crippen LogP contribution in [0.3, 0.4) is 0 Å². The average molecular weight is 359 g/mol. The number of nitrogens with zero attached hydrogens (tertiary/aromatic N) is 3. The minimum absolute atomic E-state index is 0.765. The van der Waals surface area contributed by atoms with Crippen molar-refractivity contribution in [2.24, 2.45) is 0 Å². The SMILES string of the molecule is c1ccc(-c2ccc(-c3ccc(OCCCN4CCCC4)cc3)nn2)cc1. The molecule has 4 rings (SSSR count). The Kier molecular flexibility index (Phi) is 5.75. The summed E-state index contributed by atoms with van der Waals surface area (Å²) in [6.07, 6.45) is 3.77. The second kappa shape index (κ2) is 8.78. The number of rotatable bonds is 7. The van der Waals surface area contributed by atoms with Gasteiger partial charge in [0.1, 0.15) is 5.75 Å². The van der Waals surface area contributed by atoms with E-state index in [1.54, 1.807) is 0 Å². The molecule has 138 valence electrons. The summed E-state index contributed by atoms with van der Waals surface area (Å²) in [5.41, 5.74) is 3.88. The molecule has 27 heavy (non-hydrogen) atoms. The molecule has 0 N–H and O–H groups in total. The van der Waals surface area contributed by atoms with Crippen LogP contribution in [-0.2, 0) is 0 Å². The summed E-state index contributed by atoms with van der Waals surface area (Å²) in [6.45, 7) is 4.40.